The third kappa shape index (κ3) is 2.74. The van der Waals surface area contributed by atoms with Gasteiger partial charge in [-0.3, -0.25) is 9.89 Å². The average Bonchev–Trinajstić information content (AvgIpc) is 2.82. The van der Waals surface area contributed by atoms with Gasteiger partial charge >= 0.3 is 0 Å². The Hall–Kier alpha value is -1.62. The Morgan fingerprint density at radius 1 is 1.47 bits per heavy atom. The molecule has 1 aromatic carbocycles. The Labute approximate surface area is 108 Å². The molecule has 0 spiro atoms. The van der Waals surface area contributed by atoms with E-state index in [0.717, 1.165) is 15.7 Å². The first kappa shape index (κ1) is 11.9. The summed E-state index contributed by atoms with van der Waals surface area (Å²) in [6.45, 7) is 2.36. The molecule has 0 aliphatic rings. The molecule has 2 aromatic rings. The Morgan fingerprint density at radius 3 is 3.00 bits per heavy atom. The summed E-state index contributed by atoms with van der Waals surface area (Å²) in [6.07, 6.45) is 1.66. The first-order valence-corrected chi connectivity index (χ1v) is 5.99. The van der Waals surface area contributed by atoms with E-state index in [1.807, 2.05) is 31.2 Å². The predicted octanol–water partition coefficient (Wildman–Crippen LogP) is 2.41. The average molecular weight is 294 g/mol. The zero-order valence-electron chi connectivity index (χ0n) is 9.33. The van der Waals surface area contributed by atoms with Crippen molar-refractivity contribution in [3.63, 3.8) is 0 Å². The topological polar surface area (TPSA) is 57.8 Å². The van der Waals surface area contributed by atoms with Crippen LogP contribution in [0.5, 0.6) is 0 Å². The largest absolute Gasteiger partial charge is 0.346 e. The van der Waals surface area contributed by atoms with Crippen molar-refractivity contribution in [3.8, 4) is 0 Å². The molecule has 2 rings (SSSR count). The van der Waals surface area contributed by atoms with E-state index in [1.165, 1.54) is 0 Å². The van der Waals surface area contributed by atoms with Gasteiger partial charge in [-0.15, -0.1) is 0 Å². The number of aromatic amines is 1. The third-order valence-electron chi connectivity index (χ3n) is 2.51. The van der Waals surface area contributed by atoms with Gasteiger partial charge < -0.3 is 5.32 Å². The van der Waals surface area contributed by atoms with Crippen molar-refractivity contribution < 1.29 is 4.79 Å². The molecule has 0 radical (unpaired) electrons. The summed E-state index contributed by atoms with van der Waals surface area (Å²) >= 11 is 3.41. The summed E-state index contributed by atoms with van der Waals surface area (Å²) in [5, 5.41) is 9.46. The van der Waals surface area contributed by atoms with E-state index in [0.29, 0.717) is 12.1 Å². The van der Waals surface area contributed by atoms with Crippen molar-refractivity contribution in [2.45, 2.75) is 13.5 Å². The van der Waals surface area contributed by atoms with Crippen LogP contribution < -0.4 is 5.32 Å². The number of nitrogens with zero attached hydrogens (tertiary/aromatic N) is 1. The third-order valence-corrected chi connectivity index (χ3v) is 3.37. The van der Waals surface area contributed by atoms with Gasteiger partial charge in [-0.05, 0) is 30.7 Å². The summed E-state index contributed by atoms with van der Waals surface area (Å²) in [4.78, 5) is 11.9. The summed E-state index contributed by atoms with van der Waals surface area (Å²) in [5.74, 6) is -0.0848. The quantitative estimate of drug-likeness (QED) is 0.913. The van der Waals surface area contributed by atoms with Gasteiger partial charge in [0.1, 0.15) is 0 Å². The van der Waals surface area contributed by atoms with E-state index in [4.69, 9.17) is 0 Å². The van der Waals surface area contributed by atoms with Gasteiger partial charge in [-0.2, -0.15) is 5.10 Å². The van der Waals surface area contributed by atoms with Crippen molar-refractivity contribution in [2.75, 3.05) is 0 Å². The molecule has 0 unspecified atom stereocenters. The zero-order valence-corrected chi connectivity index (χ0v) is 10.9. The van der Waals surface area contributed by atoms with Crippen molar-refractivity contribution in [1.29, 1.82) is 0 Å². The van der Waals surface area contributed by atoms with Crippen LogP contribution in [0.15, 0.2) is 34.9 Å². The predicted molar refractivity (Wildman–Crippen MR) is 68.6 cm³/mol. The number of nitrogens with one attached hydrogen (secondary N) is 2. The molecule has 88 valence electrons. The lowest BCUT2D eigenvalue weighted by Gasteiger charge is -2.07. The highest BCUT2D eigenvalue weighted by Gasteiger charge is 2.10. The maximum absolute atomic E-state index is 11.9. The molecule has 1 heterocycles. The number of amides is 1. The summed E-state index contributed by atoms with van der Waals surface area (Å²) in [7, 11) is 0. The molecule has 0 saturated carbocycles. The van der Waals surface area contributed by atoms with Crippen LogP contribution in [0, 0.1) is 6.92 Å². The molecule has 2 N–H and O–H groups in total. The second-order valence-electron chi connectivity index (χ2n) is 3.68. The van der Waals surface area contributed by atoms with Crippen molar-refractivity contribution in [1.82, 2.24) is 15.5 Å². The molecule has 0 fully saturated rings. The van der Waals surface area contributed by atoms with Crippen LogP contribution in [-0.4, -0.2) is 16.1 Å². The molecule has 0 aliphatic heterocycles. The Morgan fingerprint density at radius 2 is 2.29 bits per heavy atom. The Kier molecular flexibility index (Phi) is 3.58. The molecule has 0 aliphatic carbocycles. The highest BCUT2D eigenvalue weighted by atomic mass is 79.9. The van der Waals surface area contributed by atoms with Gasteiger partial charge in [0.15, 0.2) is 0 Å². The van der Waals surface area contributed by atoms with Crippen molar-refractivity contribution in [2.24, 2.45) is 0 Å². The molecule has 1 aromatic heterocycles. The van der Waals surface area contributed by atoms with E-state index in [-0.39, 0.29) is 5.91 Å². The molecule has 5 heteroatoms. The lowest BCUT2D eigenvalue weighted by Crippen LogP contribution is -2.23. The number of H-pyrrole nitrogens is 1. The first-order chi connectivity index (χ1) is 8.18. The molecular weight excluding hydrogens is 282 g/mol. The zero-order chi connectivity index (χ0) is 12.3. The van der Waals surface area contributed by atoms with E-state index in [2.05, 4.69) is 31.4 Å². The van der Waals surface area contributed by atoms with Crippen LogP contribution in [0.4, 0.5) is 0 Å². The van der Waals surface area contributed by atoms with E-state index in [1.54, 1.807) is 6.20 Å². The molecule has 17 heavy (non-hydrogen) atoms. The molecule has 1 amide bonds. The van der Waals surface area contributed by atoms with Crippen LogP contribution >= 0.6 is 15.9 Å². The lowest BCUT2D eigenvalue weighted by atomic mass is 10.1. The number of rotatable bonds is 3. The maximum atomic E-state index is 11.9. The van der Waals surface area contributed by atoms with Gasteiger partial charge in [0.05, 0.1) is 12.2 Å². The number of carbonyl (C=O) groups is 1. The first-order valence-electron chi connectivity index (χ1n) is 5.20. The van der Waals surface area contributed by atoms with Crippen LogP contribution in [-0.2, 0) is 6.54 Å². The fourth-order valence-corrected chi connectivity index (χ4v) is 1.87. The van der Waals surface area contributed by atoms with Crippen molar-refractivity contribution in [3.05, 3.63) is 51.8 Å². The maximum Gasteiger partial charge on any atom is 0.251 e. The SMILES string of the molecule is Cc1c(Br)cccc1C(=O)NCc1ccn[nH]1. The second-order valence-corrected chi connectivity index (χ2v) is 4.53. The minimum Gasteiger partial charge on any atom is -0.346 e. The van der Waals surface area contributed by atoms with Gasteiger partial charge in [-0.25, -0.2) is 0 Å². The molecule has 0 saturated heterocycles. The molecule has 0 atom stereocenters. The van der Waals surface area contributed by atoms with Crippen LogP contribution in [0.25, 0.3) is 0 Å². The highest BCUT2D eigenvalue weighted by Crippen LogP contribution is 2.19. The summed E-state index contributed by atoms with van der Waals surface area (Å²) in [5.41, 5.74) is 2.50. The Balaban J connectivity index is 2.07. The standard InChI is InChI=1S/C12H12BrN3O/c1-8-10(3-2-4-11(8)13)12(17)14-7-9-5-6-15-16-9/h2-6H,7H2,1H3,(H,14,17)(H,15,16). The number of carbonyl (C=O) groups excluding carboxylic acids is 1. The number of hydrogen-bond donors (Lipinski definition) is 2. The van der Waals surface area contributed by atoms with Crippen LogP contribution in [0.1, 0.15) is 21.6 Å². The summed E-state index contributed by atoms with van der Waals surface area (Å²) < 4.78 is 0.937. The van der Waals surface area contributed by atoms with Gasteiger partial charge in [-0.1, -0.05) is 22.0 Å². The minimum absolute atomic E-state index is 0.0848. The second kappa shape index (κ2) is 5.14. The fraction of sp³-hybridized carbons (Fsp3) is 0.167. The van der Waals surface area contributed by atoms with E-state index < -0.39 is 0 Å². The smallest absolute Gasteiger partial charge is 0.251 e. The van der Waals surface area contributed by atoms with Crippen LogP contribution in [0.3, 0.4) is 0 Å². The number of aromatic nitrogens is 2. The van der Waals surface area contributed by atoms with E-state index >= 15 is 0 Å². The van der Waals surface area contributed by atoms with Crippen LogP contribution in [0.2, 0.25) is 0 Å². The number of halogens is 1. The van der Waals surface area contributed by atoms with Gasteiger partial charge in [0.2, 0.25) is 0 Å². The van der Waals surface area contributed by atoms with E-state index in [9.17, 15) is 4.79 Å². The fourth-order valence-electron chi connectivity index (χ4n) is 1.51. The Bertz CT molecular complexity index is 523. The lowest BCUT2D eigenvalue weighted by molar-refractivity contribution is 0.0949. The molecular formula is C12H12BrN3O. The number of hydrogen-bond acceptors (Lipinski definition) is 2. The highest BCUT2D eigenvalue weighted by molar-refractivity contribution is 9.10. The molecule has 4 nitrogen and oxygen atoms in total. The van der Waals surface area contributed by atoms with Crippen molar-refractivity contribution >= 4 is 21.8 Å². The normalized spacial score (nSPS) is 10.2. The van der Waals surface area contributed by atoms with Gasteiger partial charge in [0, 0.05) is 16.2 Å². The molecule has 0 bridgehead atoms. The number of benzene rings is 1. The summed E-state index contributed by atoms with van der Waals surface area (Å²) in [6, 6.07) is 7.40. The minimum atomic E-state index is -0.0848. The monoisotopic (exact) mass is 293 g/mol. The van der Waals surface area contributed by atoms with Gasteiger partial charge in [0.25, 0.3) is 5.91 Å².